The van der Waals surface area contributed by atoms with E-state index in [0.717, 1.165) is 0 Å². The van der Waals surface area contributed by atoms with Crippen molar-refractivity contribution in [2.24, 2.45) is 5.92 Å². The molecule has 0 fully saturated rings. The number of hydrogen-bond donors (Lipinski definition) is 2. The zero-order chi connectivity index (χ0) is 23.2. The number of alkyl halides is 3. The lowest BCUT2D eigenvalue weighted by Crippen LogP contribution is -2.53. The third kappa shape index (κ3) is 6.88. The van der Waals surface area contributed by atoms with Gasteiger partial charge in [-0.05, 0) is 30.9 Å². The van der Waals surface area contributed by atoms with E-state index in [9.17, 15) is 32.6 Å². The molecule has 12 heteroatoms. The van der Waals surface area contributed by atoms with E-state index >= 15 is 0 Å². The molecule has 2 rings (SSSR count). The Morgan fingerprint density at radius 1 is 1.26 bits per heavy atom. The summed E-state index contributed by atoms with van der Waals surface area (Å²) in [5, 5.41) is 12.2. The second-order valence-electron chi connectivity index (χ2n) is 7.00. The Hall–Kier alpha value is -2.76. The van der Waals surface area contributed by atoms with Crippen LogP contribution < -0.4 is 9.97 Å². The lowest BCUT2D eigenvalue weighted by atomic mass is 9.72. The fourth-order valence-corrected chi connectivity index (χ4v) is 3.11. The third-order valence-electron chi connectivity index (χ3n) is 4.76. The first kappa shape index (κ1) is 24.5. The van der Waals surface area contributed by atoms with Crippen molar-refractivity contribution in [3.63, 3.8) is 0 Å². The SMILES string of the molecule is CCC(CC)C(=O)OCOC(=O)c1cccc2c1OB(O)[C@@H](NC(=O)CC(F)(F)F)C2. The minimum atomic E-state index is -4.68. The first-order valence-electron chi connectivity index (χ1n) is 9.72. The molecule has 0 radical (unpaired) electrons. The van der Waals surface area contributed by atoms with Crippen LogP contribution in [0.2, 0.25) is 0 Å². The Balaban J connectivity index is 2.01. The quantitative estimate of drug-likeness (QED) is 0.359. The van der Waals surface area contributed by atoms with E-state index in [0.29, 0.717) is 18.4 Å². The summed E-state index contributed by atoms with van der Waals surface area (Å²) in [6, 6.07) is 4.38. The van der Waals surface area contributed by atoms with E-state index in [1.165, 1.54) is 18.2 Å². The maximum Gasteiger partial charge on any atom is 0.547 e. The lowest BCUT2D eigenvalue weighted by molar-refractivity contribution is -0.157. The average Bonchev–Trinajstić information content (AvgIpc) is 2.67. The summed E-state index contributed by atoms with van der Waals surface area (Å²) in [6.45, 7) is 3.06. The standard InChI is InChI=1S/C19H23BF3NO7/c1-3-11(4-2)17(26)29-10-30-18(27)13-7-5-6-12-8-14(20(28)31-16(12)13)24-15(25)9-19(21,22)23/h5-7,11,14,28H,3-4,8-10H2,1-2H3,(H,24,25)/t14-/m0/s1. The monoisotopic (exact) mass is 445 g/mol. The number of fused-ring (bicyclic) bond motifs is 1. The Bertz CT molecular complexity index is 814. The van der Waals surface area contributed by atoms with Gasteiger partial charge >= 0.3 is 25.2 Å². The molecule has 1 aliphatic rings. The molecular formula is C19H23BF3NO7. The zero-order valence-corrected chi connectivity index (χ0v) is 17.0. The number of benzene rings is 1. The van der Waals surface area contributed by atoms with Gasteiger partial charge in [-0.3, -0.25) is 9.59 Å². The number of carbonyl (C=O) groups excluding carboxylic acids is 3. The van der Waals surface area contributed by atoms with E-state index < -0.39 is 50.3 Å². The van der Waals surface area contributed by atoms with Crippen LogP contribution in [-0.2, 0) is 25.5 Å². The van der Waals surface area contributed by atoms with Crippen LogP contribution in [0.3, 0.4) is 0 Å². The average molecular weight is 445 g/mol. The summed E-state index contributed by atoms with van der Waals surface area (Å²) in [5.74, 6) is -4.12. The molecule has 1 aliphatic heterocycles. The van der Waals surface area contributed by atoms with E-state index in [-0.39, 0.29) is 23.7 Å². The second kappa shape index (κ2) is 10.5. The van der Waals surface area contributed by atoms with Crippen LogP contribution in [0, 0.1) is 5.92 Å². The van der Waals surface area contributed by atoms with Gasteiger partial charge < -0.3 is 24.5 Å². The number of hydrogen-bond acceptors (Lipinski definition) is 7. The summed E-state index contributed by atoms with van der Waals surface area (Å²) in [5.41, 5.74) is 0.321. The maximum atomic E-state index is 12.4. The van der Waals surface area contributed by atoms with Gasteiger partial charge in [0.15, 0.2) is 0 Å². The van der Waals surface area contributed by atoms with Crippen molar-refractivity contribution in [2.45, 2.75) is 51.6 Å². The van der Waals surface area contributed by atoms with Crippen molar-refractivity contribution in [1.29, 1.82) is 0 Å². The fraction of sp³-hybridized carbons (Fsp3) is 0.526. The molecule has 0 saturated heterocycles. The van der Waals surface area contributed by atoms with Gasteiger partial charge in [0.25, 0.3) is 0 Å². The van der Waals surface area contributed by atoms with Gasteiger partial charge in [0.05, 0.1) is 11.9 Å². The molecule has 1 atom stereocenters. The molecule has 1 aromatic carbocycles. The van der Waals surface area contributed by atoms with Crippen LogP contribution in [0.1, 0.15) is 49.0 Å². The van der Waals surface area contributed by atoms with Gasteiger partial charge in [-0.1, -0.05) is 26.0 Å². The number of halogens is 3. The molecular weight excluding hydrogens is 422 g/mol. The summed E-state index contributed by atoms with van der Waals surface area (Å²) >= 11 is 0. The second-order valence-corrected chi connectivity index (χ2v) is 7.00. The highest BCUT2D eigenvalue weighted by Crippen LogP contribution is 2.31. The van der Waals surface area contributed by atoms with Gasteiger partial charge in [-0.15, -0.1) is 0 Å². The molecule has 0 unspecified atom stereocenters. The van der Waals surface area contributed by atoms with Gasteiger partial charge in [-0.2, -0.15) is 13.2 Å². The first-order chi connectivity index (χ1) is 14.6. The molecule has 170 valence electrons. The predicted molar refractivity (Wildman–Crippen MR) is 102 cm³/mol. The highest BCUT2D eigenvalue weighted by Gasteiger charge is 2.40. The number of rotatable bonds is 8. The number of carbonyl (C=O) groups is 3. The van der Waals surface area contributed by atoms with Crippen molar-refractivity contribution in [1.82, 2.24) is 5.32 Å². The van der Waals surface area contributed by atoms with Crippen molar-refractivity contribution in [3.05, 3.63) is 29.3 Å². The Morgan fingerprint density at radius 3 is 2.55 bits per heavy atom. The fourth-order valence-electron chi connectivity index (χ4n) is 3.11. The highest BCUT2D eigenvalue weighted by molar-refractivity contribution is 6.47. The molecule has 8 nitrogen and oxygen atoms in total. The number of para-hydroxylation sites is 1. The van der Waals surface area contributed by atoms with Crippen molar-refractivity contribution in [2.75, 3.05) is 6.79 Å². The molecule has 0 spiro atoms. The van der Waals surface area contributed by atoms with Crippen LogP contribution in [0.5, 0.6) is 5.75 Å². The summed E-state index contributed by atoms with van der Waals surface area (Å²) in [6.07, 6.45) is -5.27. The van der Waals surface area contributed by atoms with Crippen molar-refractivity contribution >= 4 is 25.0 Å². The summed E-state index contributed by atoms with van der Waals surface area (Å²) < 4.78 is 52.2. The Kier molecular flexibility index (Phi) is 8.32. The zero-order valence-electron chi connectivity index (χ0n) is 17.0. The minimum Gasteiger partial charge on any atom is -0.534 e. The van der Waals surface area contributed by atoms with Crippen LogP contribution in [0.15, 0.2) is 18.2 Å². The third-order valence-corrected chi connectivity index (χ3v) is 4.76. The Morgan fingerprint density at radius 2 is 1.94 bits per heavy atom. The number of esters is 2. The van der Waals surface area contributed by atoms with Crippen LogP contribution in [0.25, 0.3) is 0 Å². The van der Waals surface area contributed by atoms with Crippen LogP contribution in [-0.4, -0.2) is 48.9 Å². The normalized spacial score (nSPS) is 15.7. The number of nitrogens with one attached hydrogen (secondary N) is 1. The van der Waals surface area contributed by atoms with E-state index in [4.69, 9.17) is 14.1 Å². The predicted octanol–water partition coefficient (Wildman–Crippen LogP) is 2.17. The van der Waals surface area contributed by atoms with Crippen LogP contribution in [0.4, 0.5) is 13.2 Å². The lowest BCUT2D eigenvalue weighted by Gasteiger charge is -2.29. The highest BCUT2D eigenvalue weighted by atomic mass is 19.4. The van der Waals surface area contributed by atoms with Gasteiger partial charge in [0, 0.05) is 0 Å². The number of amides is 1. The van der Waals surface area contributed by atoms with Crippen molar-refractivity contribution in [3.8, 4) is 5.75 Å². The molecule has 1 amide bonds. The van der Waals surface area contributed by atoms with Gasteiger partial charge in [0.1, 0.15) is 17.7 Å². The molecule has 0 saturated carbocycles. The smallest absolute Gasteiger partial charge is 0.534 e. The summed E-state index contributed by atoms with van der Waals surface area (Å²) in [7, 11) is -1.67. The molecule has 1 heterocycles. The minimum absolute atomic E-state index is 0.0207. The van der Waals surface area contributed by atoms with Crippen LogP contribution >= 0.6 is 0 Å². The molecule has 2 N–H and O–H groups in total. The van der Waals surface area contributed by atoms with Gasteiger partial charge in [0.2, 0.25) is 12.7 Å². The molecule has 31 heavy (non-hydrogen) atoms. The molecule has 1 aromatic rings. The van der Waals surface area contributed by atoms with Crippen molar-refractivity contribution < 1.29 is 46.7 Å². The van der Waals surface area contributed by atoms with E-state index in [1.807, 2.05) is 13.8 Å². The van der Waals surface area contributed by atoms with E-state index in [1.54, 1.807) is 0 Å². The first-order valence-corrected chi connectivity index (χ1v) is 9.72. The largest absolute Gasteiger partial charge is 0.547 e. The molecule has 0 bridgehead atoms. The van der Waals surface area contributed by atoms with E-state index in [2.05, 4.69) is 5.32 Å². The molecule has 0 aliphatic carbocycles. The summed E-state index contributed by atoms with van der Waals surface area (Å²) in [4.78, 5) is 35.7. The van der Waals surface area contributed by atoms with Gasteiger partial charge in [-0.25, -0.2) is 4.79 Å². The number of ether oxygens (including phenoxy) is 2. The molecule has 0 aromatic heterocycles. The maximum absolute atomic E-state index is 12.4. The Labute approximate surface area is 177 Å². The topological polar surface area (TPSA) is 111 Å².